The number of ketones is 1. The molecule has 3 fully saturated rings. The highest BCUT2D eigenvalue weighted by molar-refractivity contribution is 8.01. The molecule has 24 heteroatoms. The fourth-order valence-electron chi connectivity index (χ4n) is 9.71. The van der Waals surface area contributed by atoms with E-state index in [0.717, 1.165) is 36.8 Å². The maximum atomic E-state index is 13.6. The van der Waals surface area contributed by atoms with Crippen LogP contribution < -0.4 is 35.2 Å². The van der Waals surface area contributed by atoms with E-state index in [1.807, 2.05) is 0 Å². The fraction of sp³-hybridized carbons (Fsp3) is 0.279. The average molecular weight is 1210 g/mol. The van der Waals surface area contributed by atoms with E-state index in [9.17, 15) is 66.1 Å². The predicted molar refractivity (Wildman–Crippen MR) is 307 cm³/mol. The molecule has 0 bridgehead atoms. The van der Waals surface area contributed by atoms with Gasteiger partial charge in [-0.05, 0) is 145 Å². The van der Waals surface area contributed by atoms with E-state index in [4.69, 9.17) is 14.6 Å². The van der Waals surface area contributed by atoms with E-state index in [-0.39, 0.29) is 54.8 Å². The third-order valence-electron chi connectivity index (χ3n) is 14.1. The van der Waals surface area contributed by atoms with Gasteiger partial charge in [0.2, 0.25) is 17.7 Å². The normalized spacial score (nSPS) is 17.9. The molecule has 444 valence electrons. The van der Waals surface area contributed by atoms with Gasteiger partial charge in [0, 0.05) is 22.7 Å². The van der Waals surface area contributed by atoms with Gasteiger partial charge in [-0.1, -0.05) is 49.2 Å². The number of nitrogens with zero attached hydrogens (tertiary/aromatic N) is 2. The van der Waals surface area contributed by atoms with E-state index in [1.165, 1.54) is 125 Å². The number of anilines is 2. The van der Waals surface area contributed by atoms with Crippen molar-refractivity contribution in [2.45, 2.75) is 60.4 Å². The maximum Gasteiger partial charge on any atom is 0.326 e. The molecule has 0 spiro atoms. The Balaban J connectivity index is 0.000000226. The zero-order valence-electron chi connectivity index (χ0n) is 45.1. The van der Waals surface area contributed by atoms with E-state index in [2.05, 4.69) is 16.0 Å². The quantitative estimate of drug-likeness (QED) is 0.0182. The molecular formula is C61H57F4N5O13S2. The summed E-state index contributed by atoms with van der Waals surface area (Å²) in [5.74, 6) is -5.70. The third-order valence-corrected chi connectivity index (χ3v) is 16.6. The van der Waals surface area contributed by atoms with Crippen LogP contribution in [0.1, 0.15) is 70.9 Å². The predicted octanol–water partition coefficient (Wildman–Crippen LogP) is 7.76. The maximum absolute atomic E-state index is 13.6. The summed E-state index contributed by atoms with van der Waals surface area (Å²) in [4.78, 5) is 101. The van der Waals surface area contributed by atoms with E-state index >= 15 is 0 Å². The highest BCUT2D eigenvalue weighted by Crippen LogP contribution is 2.47. The van der Waals surface area contributed by atoms with Crippen LogP contribution in [0, 0.1) is 29.2 Å². The number of aliphatic carboxylic acids is 2. The molecule has 6 N–H and O–H groups in total. The van der Waals surface area contributed by atoms with Gasteiger partial charge in [0.1, 0.15) is 57.9 Å². The molecule has 3 aliphatic rings. The van der Waals surface area contributed by atoms with Crippen molar-refractivity contribution in [3.05, 3.63) is 191 Å². The Labute approximate surface area is 493 Å². The largest absolute Gasteiger partial charge is 0.484 e. The Kier molecular flexibility index (Phi) is 21.4. The number of benzene rings is 6. The highest BCUT2D eigenvalue weighted by Gasteiger charge is 2.50. The summed E-state index contributed by atoms with van der Waals surface area (Å²) in [6, 6.07) is 33.3. The minimum Gasteiger partial charge on any atom is -0.484 e. The number of carbonyl (C=O) groups is 8. The van der Waals surface area contributed by atoms with E-state index in [1.54, 1.807) is 53.4 Å². The van der Waals surface area contributed by atoms with Crippen molar-refractivity contribution >= 4 is 82.2 Å². The molecule has 5 amide bonds. The highest BCUT2D eigenvalue weighted by atomic mass is 32.2. The number of thioether (sulfide) groups is 2. The molecule has 2 saturated heterocycles. The molecule has 0 radical (unpaired) electrons. The second kappa shape index (κ2) is 29.2. The fourth-order valence-corrected chi connectivity index (χ4v) is 12.2. The molecule has 85 heavy (non-hydrogen) atoms. The van der Waals surface area contributed by atoms with Crippen molar-refractivity contribution < 1.29 is 80.7 Å². The Morgan fingerprint density at radius 3 is 1.42 bits per heavy atom. The van der Waals surface area contributed by atoms with Gasteiger partial charge >= 0.3 is 11.9 Å². The number of β-lactam (4-membered cyclic amide) rings is 2. The Morgan fingerprint density at radius 1 is 0.553 bits per heavy atom. The number of aliphatic hydroxyl groups excluding tert-OH is 1. The van der Waals surface area contributed by atoms with Crippen molar-refractivity contribution in [2.24, 2.45) is 5.92 Å². The summed E-state index contributed by atoms with van der Waals surface area (Å²) < 4.78 is 64.6. The van der Waals surface area contributed by atoms with Crippen molar-refractivity contribution in [1.29, 1.82) is 0 Å². The molecular weight excluding hydrogens is 1150 g/mol. The molecule has 2 aliphatic heterocycles. The first-order valence-electron chi connectivity index (χ1n) is 26.7. The van der Waals surface area contributed by atoms with Gasteiger partial charge in [-0.25, -0.2) is 22.4 Å². The Bertz CT molecular complexity index is 3350. The van der Waals surface area contributed by atoms with Gasteiger partial charge in [0.25, 0.3) is 11.8 Å². The van der Waals surface area contributed by atoms with Crippen molar-refractivity contribution in [3.8, 4) is 11.5 Å². The number of carbonyl (C=O) groups excluding carboxylic acids is 6. The summed E-state index contributed by atoms with van der Waals surface area (Å²) in [6.07, 6.45) is 2.39. The van der Waals surface area contributed by atoms with Crippen molar-refractivity contribution in [1.82, 2.24) is 16.0 Å². The summed E-state index contributed by atoms with van der Waals surface area (Å²) in [5.41, 5.74) is 3.34. The number of carboxylic acid groups (broad SMARTS) is 2. The molecule has 6 aromatic carbocycles. The smallest absolute Gasteiger partial charge is 0.326 e. The molecule has 1 saturated carbocycles. The molecule has 2 heterocycles. The second-order valence-electron chi connectivity index (χ2n) is 19.8. The zero-order chi connectivity index (χ0) is 60.7. The molecule has 1 unspecified atom stereocenters. The number of aliphatic hydroxyl groups is 1. The lowest BCUT2D eigenvalue weighted by Crippen LogP contribution is -2.57. The van der Waals surface area contributed by atoms with Crippen LogP contribution in [0.2, 0.25) is 0 Å². The van der Waals surface area contributed by atoms with Crippen molar-refractivity contribution in [2.75, 3.05) is 47.6 Å². The SMILES string of the molecule is O=C(COc1ccc([C@@H]2[C@@H](SCC(O)c3ccc(F)cc3)C(=O)N2c2ccc(F)cc2)cc1)NCC(=O)N[C@@H](C(=O)O)C1CCCC1.O=C(O)CNC(=O)COc1ccc([C@@H]2[C@@H](SCC(=O)c3ccc(F)cc3)C(=O)N2c2ccc(F)cc2)cc1. The topological polar surface area (TPSA) is 258 Å². The van der Waals surface area contributed by atoms with Gasteiger partial charge in [-0.15, -0.1) is 23.5 Å². The molecule has 9 rings (SSSR count). The Hall–Kier alpha value is -8.74. The molecule has 18 nitrogen and oxygen atoms in total. The first kappa shape index (κ1) is 62.3. The number of amides is 5. The summed E-state index contributed by atoms with van der Waals surface area (Å²) >= 11 is 2.43. The first-order chi connectivity index (χ1) is 40.8. The van der Waals surface area contributed by atoms with E-state index in [0.29, 0.717) is 34.0 Å². The van der Waals surface area contributed by atoms with Gasteiger partial charge in [0.05, 0.1) is 30.5 Å². The number of hydrogen-bond donors (Lipinski definition) is 6. The van der Waals surface area contributed by atoms with Crippen LogP contribution >= 0.6 is 23.5 Å². The molecule has 6 atom stereocenters. The van der Waals surface area contributed by atoms with Crippen LogP contribution in [0.25, 0.3) is 0 Å². The second-order valence-corrected chi connectivity index (χ2v) is 22.1. The number of Topliss-reactive ketones (excluding diaryl/α,β-unsaturated/α-hetero) is 1. The minimum atomic E-state index is -1.17. The van der Waals surface area contributed by atoms with Gasteiger partial charge in [-0.3, -0.25) is 33.6 Å². The van der Waals surface area contributed by atoms with Crippen LogP contribution in [0.5, 0.6) is 11.5 Å². The van der Waals surface area contributed by atoms with Crippen LogP contribution in [0.3, 0.4) is 0 Å². The number of halogens is 4. The van der Waals surface area contributed by atoms with Crippen LogP contribution in [-0.2, 0) is 33.6 Å². The molecule has 1 aliphatic carbocycles. The van der Waals surface area contributed by atoms with Gasteiger partial charge < -0.3 is 50.5 Å². The lowest BCUT2D eigenvalue weighted by atomic mass is 9.92. The van der Waals surface area contributed by atoms with Crippen LogP contribution in [0.15, 0.2) is 146 Å². The lowest BCUT2D eigenvalue weighted by Gasteiger charge is -2.47. The first-order valence-corrected chi connectivity index (χ1v) is 28.8. The number of carboxylic acids is 2. The molecule has 6 aromatic rings. The summed E-state index contributed by atoms with van der Waals surface area (Å²) in [6.45, 7) is -1.67. The monoisotopic (exact) mass is 1210 g/mol. The number of hydrogen-bond acceptors (Lipinski definition) is 13. The minimum absolute atomic E-state index is 0.00243. The summed E-state index contributed by atoms with van der Waals surface area (Å²) in [7, 11) is 0. The van der Waals surface area contributed by atoms with Crippen LogP contribution in [-0.4, -0.2) is 117 Å². The zero-order valence-corrected chi connectivity index (χ0v) is 46.7. The summed E-state index contributed by atoms with van der Waals surface area (Å²) in [5, 5.41) is 34.7. The lowest BCUT2D eigenvalue weighted by molar-refractivity contribution is -0.143. The van der Waals surface area contributed by atoms with Crippen molar-refractivity contribution in [3.63, 3.8) is 0 Å². The van der Waals surface area contributed by atoms with E-state index < -0.39 is 94.2 Å². The van der Waals surface area contributed by atoms with Gasteiger partial charge in [-0.2, -0.15) is 0 Å². The third kappa shape index (κ3) is 16.5. The number of ether oxygens (including phenoxy) is 2. The molecule has 0 aromatic heterocycles. The van der Waals surface area contributed by atoms with Crippen LogP contribution in [0.4, 0.5) is 28.9 Å². The standard InChI is InChI=1S/C34H35F2N3O7S.C27H22F2N2O6S/c35-23-9-5-20(6-10-23)27(40)19-47-32-31(39(33(32)43)25-13-11-24(36)12-14-25)22-7-15-26(16-8-22)46-18-29(42)37-17-28(41)38-30(34(44)45)21-3-1-2-4-21;28-18-5-1-16(2-6-18)22(32)15-38-26-25(31(27(26)36)20-9-7-19(29)8-10-20)17-3-11-21(12-4-17)37-14-23(33)30-13-24(34)35/h5-16,21,27,30-32,40H,1-4,17-19H2,(H,37,42)(H,38,41)(H,44,45);1-12,25-26H,13-15H2,(H,30,33)(H,34,35)/t27?,30-,31-,32-;25-,26-/m11/s1. The average Bonchev–Trinajstić information content (AvgIpc) is 1.57. The van der Waals surface area contributed by atoms with Gasteiger partial charge in [0.15, 0.2) is 19.0 Å². The Morgan fingerprint density at radius 2 is 0.976 bits per heavy atom. The number of rotatable bonds is 25. The number of nitrogens with one attached hydrogen (secondary N) is 3.